The van der Waals surface area contributed by atoms with Crippen molar-refractivity contribution in [2.75, 3.05) is 21.3 Å². The molecule has 4 heteroatoms. The lowest BCUT2D eigenvalue weighted by atomic mass is 10.1. The second kappa shape index (κ2) is 5.61. The maximum absolute atomic E-state index is 9.43. The third kappa shape index (κ3) is 2.79. The zero-order valence-corrected chi connectivity index (χ0v) is 10.1. The van der Waals surface area contributed by atoms with Gasteiger partial charge < -0.3 is 19.3 Å². The van der Waals surface area contributed by atoms with Crippen LogP contribution >= 0.6 is 0 Å². The number of ether oxygens (including phenoxy) is 3. The van der Waals surface area contributed by atoms with Crippen molar-refractivity contribution in [2.24, 2.45) is 0 Å². The van der Waals surface area contributed by atoms with Crippen molar-refractivity contribution in [3.63, 3.8) is 0 Å². The van der Waals surface area contributed by atoms with Gasteiger partial charge in [0, 0.05) is 24.1 Å². The van der Waals surface area contributed by atoms with E-state index in [1.165, 1.54) is 0 Å². The van der Waals surface area contributed by atoms with Gasteiger partial charge in [-0.1, -0.05) is 0 Å². The Morgan fingerprint density at radius 3 is 1.88 bits per heavy atom. The molecule has 1 aromatic rings. The van der Waals surface area contributed by atoms with E-state index in [1.807, 2.05) is 0 Å². The Bertz CT molecular complexity index is 322. The lowest BCUT2D eigenvalue weighted by molar-refractivity contribution is 0.192. The van der Waals surface area contributed by atoms with Gasteiger partial charge in [0.1, 0.15) is 17.2 Å². The molecule has 0 aliphatic heterocycles. The van der Waals surface area contributed by atoms with Crippen molar-refractivity contribution in [1.82, 2.24) is 0 Å². The minimum atomic E-state index is -0.448. The monoisotopic (exact) mass is 226 g/mol. The third-order valence-corrected chi connectivity index (χ3v) is 2.32. The maximum atomic E-state index is 9.43. The molecule has 1 atom stereocenters. The quantitative estimate of drug-likeness (QED) is 0.829. The van der Waals surface area contributed by atoms with Crippen LogP contribution in [0.2, 0.25) is 0 Å². The first kappa shape index (κ1) is 12.6. The molecule has 0 radical (unpaired) electrons. The van der Waals surface area contributed by atoms with Crippen LogP contribution < -0.4 is 14.2 Å². The molecule has 0 aliphatic carbocycles. The summed E-state index contributed by atoms with van der Waals surface area (Å²) in [5, 5.41) is 9.43. The van der Waals surface area contributed by atoms with E-state index in [-0.39, 0.29) is 0 Å². The molecule has 0 amide bonds. The first-order valence-corrected chi connectivity index (χ1v) is 5.09. The normalized spacial score (nSPS) is 12.1. The number of hydrogen-bond donors (Lipinski definition) is 1. The second-order valence-corrected chi connectivity index (χ2v) is 3.56. The first-order valence-electron chi connectivity index (χ1n) is 5.09. The Hall–Kier alpha value is -1.42. The molecule has 4 nitrogen and oxygen atoms in total. The SMILES string of the molecule is COc1cc(OC)c(C[C@@H](C)O)c(OC)c1. The number of aliphatic hydroxyl groups is 1. The zero-order chi connectivity index (χ0) is 12.1. The lowest BCUT2D eigenvalue weighted by Crippen LogP contribution is -2.07. The highest BCUT2D eigenvalue weighted by atomic mass is 16.5. The molecule has 0 heterocycles. The van der Waals surface area contributed by atoms with Gasteiger partial charge in [-0.15, -0.1) is 0 Å². The topological polar surface area (TPSA) is 47.9 Å². The molecular weight excluding hydrogens is 208 g/mol. The summed E-state index contributed by atoms with van der Waals surface area (Å²) in [6.07, 6.45) is 0.0345. The summed E-state index contributed by atoms with van der Waals surface area (Å²) >= 11 is 0. The van der Waals surface area contributed by atoms with Crippen LogP contribution in [0.1, 0.15) is 12.5 Å². The molecule has 0 fully saturated rings. The summed E-state index contributed by atoms with van der Waals surface area (Å²) in [5.41, 5.74) is 0.848. The van der Waals surface area contributed by atoms with Crippen molar-refractivity contribution < 1.29 is 19.3 Å². The number of rotatable bonds is 5. The smallest absolute Gasteiger partial charge is 0.129 e. The molecule has 1 rings (SSSR count). The molecule has 90 valence electrons. The Balaban J connectivity index is 3.20. The number of methoxy groups -OCH3 is 3. The summed E-state index contributed by atoms with van der Waals surface area (Å²) in [6, 6.07) is 3.56. The first-order chi connectivity index (χ1) is 7.62. The molecule has 0 saturated carbocycles. The highest BCUT2D eigenvalue weighted by molar-refractivity contribution is 5.51. The highest BCUT2D eigenvalue weighted by Gasteiger charge is 2.14. The van der Waals surface area contributed by atoms with Gasteiger partial charge >= 0.3 is 0 Å². The number of aliphatic hydroxyl groups excluding tert-OH is 1. The number of hydrogen-bond acceptors (Lipinski definition) is 4. The summed E-state index contributed by atoms with van der Waals surface area (Å²) in [7, 11) is 4.75. The molecule has 1 N–H and O–H groups in total. The van der Waals surface area contributed by atoms with E-state index < -0.39 is 6.10 Å². The molecule has 16 heavy (non-hydrogen) atoms. The highest BCUT2D eigenvalue weighted by Crippen LogP contribution is 2.34. The van der Waals surface area contributed by atoms with Crippen LogP contribution in [0.4, 0.5) is 0 Å². The van der Waals surface area contributed by atoms with Crippen molar-refractivity contribution in [3.05, 3.63) is 17.7 Å². The van der Waals surface area contributed by atoms with Gasteiger partial charge in [-0.25, -0.2) is 0 Å². The van der Waals surface area contributed by atoms with Crippen molar-refractivity contribution in [3.8, 4) is 17.2 Å². The van der Waals surface area contributed by atoms with E-state index in [2.05, 4.69) is 0 Å². The predicted molar refractivity (Wildman–Crippen MR) is 61.5 cm³/mol. The van der Waals surface area contributed by atoms with Crippen LogP contribution in [0.25, 0.3) is 0 Å². The van der Waals surface area contributed by atoms with Crippen LogP contribution in [0, 0.1) is 0 Å². The van der Waals surface area contributed by atoms with Crippen LogP contribution in [0.5, 0.6) is 17.2 Å². The van der Waals surface area contributed by atoms with Gasteiger partial charge in [0.25, 0.3) is 0 Å². The Morgan fingerprint density at radius 2 is 1.56 bits per heavy atom. The summed E-state index contributed by atoms with van der Waals surface area (Å²) in [6.45, 7) is 1.73. The minimum Gasteiger partial charge on any atom is -0.496 e. The molecule has 0 unspecified atom stereocenters. The molecule has 0 bridgehead atoms. The molecule has 0 aliphatic rings. The van der Waals surface area contributed by atoms with Gasteiger partial charge in [-0.3, -0.25) is 0 Å². The molecule has 0 saturated heterocycles. The molecule has 0 spiro atoms. The summed E-state index contributed by atoms with van der Waals surface area (Å²) < 4.78 is 15.7. The van der Waals surface area contributed by atoms with E-state index in [1.54, 1.807) is 40.4 Å². The lowest BCUT2D eigenvalue weighted by Gasteiger charge is -2.15. The Kier molecular flexibility index (Phi) is 4.43. The largest absolute Gasteiger partial charge is 0.496 e. The zero-order valence-electron chi connectivity index (χ0n) is 10.1. The fraction of sp³-hybridized carbons (Fsp3) is 0.500. The average Bonchev–Trinajstić information content (AvgIpc) is 2.28. The van der Waals surface area contributed by atoms with E-state index >= 15 is 0 Å². The minimum absolute atomic E-state index is 0.448. The van der Waals surface area contributed by atoms with E-state index in [4.69, 9.17) is 14.2 Å². The van der Waals surface area contributed by atoms with Crippen LogP contribution in [-0.4, -0.2) is 32.5 Å². The van der Waals surface area contributed by atoms with Gasteiger partial charge in [-0.2, -0.15) is 0 Å². The Labute approximate surface area is 95.8 Å². The van der Waals surface area contributed by atoms with Crippen molar-refractivity contribution in [2.45, 2.75) is 19.4 Å². The predicted octanol–water partition coefficient (Wildman–Crippen LogP) is 1.64. The summed E-state index contributed by atoms with van der Waals surface area (Å²) in [4.78, 5) is 0. The van der Waals surface area contributed by atoms with E-state index in [0.717, 1.165) is 5.56 Å². The van der Waals surface area contributed by atoms with Crippen LogP contribution in [0.15, 0.2) is 12.1 Å². The van der Waals surface area contributed by atoms with Crippen LogP contribution in [-0.2, 0) is 6.42 Å². The van der Waals surface area contributed by atoms with E-state index in [0.29, 0.717) is 23.7 Å². The van der Waals surface area contributed by atoms with Crippen molar-refractivity contribution in [1.29, 1.82) is 0 Å². The van der Waals surface area contributed by atoms with Gasteiger partial charge in [0.15, 0.2) is 0 Å². The second-order valence-electron chi connectivity index (χ2n) is 3.56. The molecule has 1 aromatic carbocycles. The van der Waals surface area contributed by atoms with Crippen LogP contribution in [0.3, 0.4) is 0 Å². The molecular formula is C12H18O4. The maximum Gasteiger partial charge on any atom is 0.129 e. The fourth-order valence-corrected chi connectivity index (χ4v) is 1.57. The van der Waals surface area contributed by atoms with E-state index in [9.17, 15) is 5.11 Å². The molecule has 0 aromatic heterocycles. The van der Waals surface area contributed by atoms with Crippen molar-refractivity contribution >= 4 is 0 Å². The third-order valence-electron chi connectivity index (χ3n) is 2.32. The van der Waals surface area contributed by atoms with Gasteiger partial charge in [0.05, 0.1) is 27.4 Å². The summed E-state index contributed by atoms with van der Waals surface area (Å²) in [5.74, 6) is 2.00. The van der Waals surface area contributed by atoms with Gasteiger partial charge in [0.2, 0.25) is 0 Å². The fourth-order valence-electron chi connectivity index (χ4n) is 1.57. The average molecular weight is 226 g/mol. The van der Waals surface area contributed by atoms with Gasteiger partial charge in [-0.05, 0) is 6.92 Å². The standard InChI is InChI=1S/C12H18O4/c1-8(13)5-10-11(15-3)6-9(14-2)7-12(10)16-4/h6-8,13H,5H2,1-4H3/t8-/m1/s1. The Morgan fingerprint density at radius 1 is 1.06 bits per heavy atom. The number of benzene rings is 1.